The minimum Gasteiger partial charge on any atom is -0.496 e. The topological polar surface area (TPSA) is 35.5 Å². The quantitative estimate of drug-likeness (QED) is 0.779. The molecule has 2 aromatic carbocycles. The van der Waals surface area contributed by atoms with E-state index in [4.69, 9.17) is 21.1 Å². The van der Waals surface area contributed by atoms with Crippen molar-refractivity contribution in [1.29, 1.82) is 0 Å². The molecule has 2 rings (SSSR count). The molecule has 2 aromatic rings. The molecule has 0 heterocycles. The van der Waals surface area contributed by atoms with Crippen LogP contribution in [0.25, 0.3) is 0 Å². The molecule has 0 fully saturated rings. The van der Waals surface area contributed by atoms with Crippen LogP contribution in [-0.4, -0.2) is 13.4 Å². The Hall–Kier alpha value is -2.00. The Morgan fingerprint density at radius 2 is 1.90 bits per heavy atom. The third-order valence-corrected chi connectivity index (χ3v) is 3.15. The lowest BCUT2D eigenvalue weighted by molar-refractivity contribution is 0.111. The number of hydrogen-bond donors (Lipinski definition) is 0. The highest BCUT2D eigenvalue weighted by molar-refractivity contribution is 6.30. The standard InChI is InChI=1S/C16H15ClO3/c1-11-3-5-16(12(7-11)9-18)20-10-13-8-14(17)4-6-15(13)19-2/h3-9H,10H2,1-2H3. The Labute approximate surface area is 123 Å². The highest BCUT2D eigenvalue weighted by Gasteiger charge is 2.07. The van der Waals surface area contributed by atoms with Gasteiger partial charge in [0.05, 0.1) is 12.7 Å². The molecule has 0 atom stereocenters. The highest BCUT2D eigenvalue weighted by atomic mass is 35.5. The van der Waals surface area contributed by atoms with Gasteiger partial charge in [0.1, 0.15) is 18.1 Å². The van der Waals surface area contributed by atoms with Gasteiger partial charge in [-0.2, -0.15) is 0 Å². The van der Waals surface area contributed by atoms with Gasteiger partial charge in [0.15, 0.2) is 6.29 Å². The van der Waals surface area contributed by atoms with Crippen molar-refractivity contribution in [3.8, 4) is 11.5 Å². The molecule has 0 N–H and O–H groups in total. The summed E-state index contributed by atoms with van der Waals surface area (Å²) in [6, 6.07) is 10.8. The molecule has 0 spiro atoms. The fraction of sp³-hybridized carbons (Fsp3) is 0.188. The van der Waals surface area contributed by atoms with E-state index in [0.29, 0.717) is 22.1 Å². The Kier molecular flexibility index (Phi) is 4.64. The third-order valence-electron chi connectivity index (χ3n) is 2.92. The van der Waals surface area contributed by atoms with Crippen LogP contribution in [-0.2, 0) is 6.61 Å². The van der Waals surface area contributed by atoms with Gasteiger partial charge in [-0.3, -0.25) is 4.79 Å². The van der Waals surface area contributed by atoms with E-state index >= 15 is 0 Å². The van der Waals surface area contributed by atoms with Crippen molar-refractivity contribution in [3.63, 3.8) is 0 Å². The van der Waals surface area contributed by atoms with E-state index in [1.54, 1.807) is 37.4 Å². The van der Waals surface area contributed by atoms with Crippen molar-refractivity contribution in [3.05, 3.63) is 58.1 Å². The summed E-state index contributed by atoms with van der Waals surface area (Å²) < 4.78 is 11.0. The van der Waals surface area contributed by atoms with Crippen molar-refractivity contribution in [2.24, 2.45) is 0 Å². The zero-order valence-corrected chi connectivity index (χ0v) is 12.1. The highest BCUT2D eigenvalue weighted by Crippen LogP contribution is 2.25. The van der Waals surface area contributed by atoms with E-state index in [1.807, 2.05) is 13.0 Å². The maximum Gasteiger partial charge on any atom is 0.153 e. The first-order valence-electron chi connectivity index (χ1n) is 6.15. The van der Waals surface area contributed by atoms with Crippen LogP contribution in [0.3, 0.4) is 0 Å². The van der Waals surface area contributed by atoms with Gasteiger partial charge in [-0.25, -0.2) is 0 Å². The maximum atomic E-state index is 11.0. The average molecular weight is 291 g/mol. The maximum absolute atomic E-state index is 11.0. The number of rotatable bonds is 5. The smallest absolute Gasteiger partial charge is 0.153 e. The van der Waals surface area contributed by atoms with E-state index in [0.717, 1.165) is 17.4 Å². The zero-order chi connectivity index (χ0) is 14.5. The van der Waals surface area contributed by atoms with E-state index < -0.39 is 0 Å². The lowest BCUT2D eigenvalue weighted by Gasteiger charge is -2.12. The fourth-order valence-corrected chi connectivity index (χ4v) is 2.10. The van der Waals surface area contributed by atoms with Gasteiger partial charge in [0.2, 0.25) is 0 Å². The van der Waals surface area contributed by atoms with Crippen LogP contribution in [0.1, 0.15) is 21.5 Å². The molecule has 0 unspecified atom stereocenters. The summed E-state index contributed by atoms with van der Waals surface area (Å²) in [5, 5.41) is 0.615. The molecule has 0 radical (unpaired) electrons. The van der Waals surface area contributed by atoms with Crippen LogP contribution in [0, 0.1) is 6.92 Å². The van der Waals surface area contributed by atoms with E-state index in [-0.39, 0.29) is 6.61 Å². The van der Waals surface area contributed by atoms with Crippen molar-refractivity contribution in [2.75, 3.05) is 7.11 Å². The first-order valence-corrected chi connectivity index (χ1v) is 6.53. The number of carbonyl (C=O) groups excluding carboxylic acids is 1. The largest absolute Gasteiger partial charge is 0.496 e. The molecule has 3 nitrogen and oxygen atoms in total. The summed E-state index contributed by atoms with van der Waals surface area (Å²) in [5.74, 6) is 1.25. The monoisotopic (exact) mass is 290 g/mol. The number of aryl methyl sites for hydroxylation is 1. The van der Waals surface area contributed by atoms with E-state index in [1.165, 1.54) is 0 Å². The number of benzene rings is 2. The first kappa shape index (κ1) is 14.4. The fourth-order valence-electron chi connectivity index (χ4n) is 1.91. The second-order valence-electron chi connectivity index (χ2n) is 4.40. The predicted molar refractivity (Wildman–Crippen MR) is 78.9 cm³/mol. The van der Waals surface area contributed by atoms with Gasteiger partial charge in [-0.1, -0.05) is 23.2 Å². The second-order valence-corrected chi connectivity index (χ2v) is 4.84. The van der Waals surface area contributed by atoms with Crippen LogP contribution in [0.15, 0.2) is 36.4 Å². The predicted octanol–water partition coefficient (Wildman–Crippen LogP) is 4.05. The third kappa shape index (κ3) is 3.31. The minimum absolute atomic E-state index is 0.285. The van der Waals surface area contributed by atoms with Crippen LogP contribution in [0.4, 0.5) is 0 Å². The number of hydrogen-bond acceptors (Lipinski definition) is 3. The Morgan fingerprint density at radius 3 is 2.60 bits per heavy atom. The van der Waals surface area contributed by atoms with Crippen molar-refractivity contribution in [2.45, 2.75) is 13.5 Å². The molecule has 104 valence electrons. The number of aldehydes is 1. The van der Waals surface area contributed by atoms with Gasteiger partial charge in [0, 0.05) is 10.6 Å². The van der Waals surface area contributed by atoms with Crippen molar-refractivity contribution in [1.82, 2.24) is 0 Å². The summed E-state index contributed by atoms with van der Waals surface area (Å²) in [6.07, 6.45) is 0.789. The summed E-state index contributed by atoms with van der Waals surface area (Å²) in [4.78, 5) is 11.0. The van der Waals surface area contributed by atoms with Gasteiger partial charge in [0.25, 0.3) is 0 Å². The van der Waals surface area contributed by atoms with Crippen molar-refractivity contribution >= 4 is 17.9 Å². The molecule has 0 saturated heterocycles. The molecule has 0 aliphatic heterocycles. The van der Waals surface area contributed by atoms with Gasteiger partial charge in [-0.15, -0.1) is 0 Å². The molecule has 0 saturated carbocycles. The summed E-state index contributed by atoms with van der Waals surface area (Å²) in [5.41, 5.74) is 2.38. The molecule has 0 amide bonds. The lowest BCUT2D eigenvalue weighted by atomic mass is 10.1. The van der Waals surface area contributed by atoms with Gasteiger partial charge >= 0.3 is 0 Å². The SMILES string of the molecule is COc1ccc(Cl)cc1COc1ccc(C)cc1C=O. The number of halogens is 1. The summed E-state index contributed by atoms with van der Waals surface area (Å²) in [6.45, 7) is 2.21. The van der Waals surface area contributed by atoms with E-state index in [2.05, 4.69) is 0 Å². The second kappa shape index (κ2) is 6.44. The lowest BCUT2D eigenvalue weighted by Crippen LogP contribution is -2.01. The van der Waals surface area contributed by atoms with Crippen LogP contribution in [0.5, 0.6) is 11.5 Å². The molecule has 0 aromatic heterocycles. The zero-order valence-electron chi connectivity index (χ0n) is 11.4. The molecular weight excluding hydrogens is 276 g/mol. The van der Waals surface area contributed by atoms with Crippen molar-refractivity contribution < 1.29 is 14.3 Å². The number of ether oxygens (including phenoxy) is 2. The number of methoxy groups -OCH3 is 1. The molecule has 0 bridgehead atoms. The normalized spacial score (nSPS) is 10.2. The minimum atomic E-state index is 0.285. The molecule has 20 heavy (non-hydrogen) atoms. The average Bonchev–Trinajstić information content (AvgIpc) is 2.46. The van der Waals surface area contributed by atoms with Gasteiger partial charge < -0.3 is 9.47 Å². The molecular formula is C16H15ClO3. The molecule has 0 aliphatic carbocycles. The Morgan fingerprint density at radius 1 is 1.15 bits per heavy atom. The van der Waals surface area contributed by atoms with Gasteiger partial charge in [-0.05, 0) is 37.3 Å². The van der Waals surface area contributed by atoms with E-state index in [9.17, 15) is 4.79 Å². The Balaban J connectivity index is 2.20. The van der Waals surface area contributed by atoms with Crippen LogP contribution < -0.4 is 9.47 Å². The van der Waals surface area contributed by atoms with Crippen LogP contribution in [0.2, 0.25) is 5.02 Å². The summed E-state index contributed by atoms with van der Waals surface area (Å²) >= 11 is 5.97. The summed E-state index contributed by atoms with van der Waals surface area (Å²) in [7, 11) is 1.59. The number of carbonyl (C=O) groups is 1. The molecule has 4 heteroatoms. The van der Waals surface area contributed by atoms with Crippen LogP contribution >= 0.6 is 11.6 Å². The molecule has 0 aliphatic rings. The first-order chi connectivity index (χ1) is 9.63. The Bertz CT molecular complexity index is 623.